The Balaban J connectivity index is 2.03. The van der Waals surface area contributed by atoms with Crippen molar-refractivity contribution in [2.24, 2.45) is 0 Å². The summed E-state index contributed by atoms with van der Waals surface area (Å²) in [5, 5.41) is 6.95. The van der Waals surface area contributed by atoms with Crippen LogP contribution < -0.4 is 10.6 Å². The van der Waals surface area contributed by atoms with Crippen molar-refractivity contribution in [1.82, 2.24) is 15.6 Å². The van der Waals surface area contributed by atoms with E-state index in [2.05, 4.69) is 10.3 Å². The number of imide groups is 1. The third-order valence-electron chi connectivity index (χ3n) is 2.90. The Kier molecular flexibility index (Phi) is 5.88. The number of aromatic nitrogens is 1. The fourth-order valence-electron chi connectivity index (χ4n) is 1.67. The lowest BCUT2D eigenvalue weighted by Gasteiger charge is -2.11. The lowest BCUT2D eigenvalue weighted by molar-refractivity contribution is -0.127. The van der Waals surface area contributed by atoms with Gasteiger partial charge >= 0.3 is 12.0 Å². The predicted molar refractivity (Wildman–Crippen MR) is 90.0 cm³/mol. The molecule has 2 rings (SSSR count). The Bertz CT molecular complexity index is 778. The molecule has 1 heterocycles. The molecule has 2 aromatic rings. The van der Waals surface area contributed by atoms with E-state index in [0.29, 0.717) is 10.0 Å². The summed E-state index contributed by atoms with van der Waals surface area (Å²) in [6.07, 6.45) is -1.13. The molecule has 24 heavy (non-hydrogen) atoms. The Morgan fingerprint density at radius 2 is 2.08 bits per heavy atom. The minimum Gasteiger partial charge on any atom is -0.448 e. The summed E-state index contributed by atoms with van der Waals surface area (Å²) < 4.78 is 5.00. The van der Waals surface area contributed by atoms with Gasteiger partial charge in [0.15, 0.2) is 11.8 Å². The van der Waals surface area contributed by atoms with Crippen LogP contribution in [0.25, 0.3) is 10.6 Å². The van der Waals surface area contributed by atoms with E-state index in [1.807, 2.05) is 11.4 Å². The minimum absolute atomic E-state index is 0.0783. The van der Waals surface area contributed by atoms with Gasteiger partial charge in [-0.15, -0.1) is 11.3 Å². The van der Waals surface area contributed by atoms with Gasteiger partial charge in [-0.25, -0.2) is 14.6 Å². The molecule has 0 spiro atoms. The molecule has 0 radical (unpaired) electrons. The monoisotopic (exact) mass is 367 g/mol. The van der Waals surface area contributed by atoms with Crippen LogP contribution in [0.4, 0.5) is 4.79 Å². The third-order valence-corrected chi connectivity index (χ3v) is 4.03. The van der Waals surface area contributed by atoms with Crippen LogP contribution in [0.1, 0.15) is 17.4 Å². The molecule has 1 atom stereocenters. The molecule has 0 bridgehead atoms. The third kappa shape index (κ3) is 4.53. The van der Waals surface area contributed by atoms with Gasteiger partial charge < -0.3 is 10.1 Å². The molecule has 9 heteroatoms. The summed E-state index contributed by atoms with van der Waals surface area (Å²) in [6, 6.07) is 6.39. The maximum Gasteiger partial charge on any atom is 0.358 e. The number of nitrogens with zero attached hydrogens (tertiary/aromatic N) is 1. The molecule has 0 saturated heterocycles. The molecule has 0 aliphatic carbocycles. The van der Waals surface area contributed by atoms with E-state index in [4.69, 9.17) is 16.3 Å². The number of benzene rings is 1. The van der Waals surface area contributed by atoms with Gasteiger partial charge in [0.05, 0.1) is 0 Å². The summed E-state index contributed by atoms with van der Waals surface area (Å²) >= 11 is 7.18. The van der Waals surface area contributed by atoms with Gasteiger partial charge in [0.25, 0.3) is 5.91 Å². The van der Waals surface area contributed by atoms with E-state index in [1.54, 1.807) is 18.2 Å². The molecule has 2 N–H and O–H groups in total. The van der Waals surface area contributed by atoms with E-state index < -0.39 is 24.0 Å². The van der Waals surface area contributed by atoms with E-state index in [-0.39, 0.29) is 5.69 Å². The Morgan fingerprint density at radius 3 is 2.75 bits per heavy atom. The number of urea groups is 1. The molecule has 3 amide bonds. The van der Waals surface area contributed by atoms with E-state index in [9.17, 15) is 14.4 Å². The highest BCUT2D eigenvalue weighted by Crippen LogP contribution is 2.26. The Labute approximate surface area is 147 Å². The predicted octanol–water partition coefficient (Wildman–Crippen LogP) is 2.46. The smallest absolute Gasteiger partial charge is 0.358 e. The number of hydrogen-bond acceptors (Lipinski definition) is 6. The molecule has 0 fully saturated rings. The summed E-state index contributed by atoms with van der Waals surface area (Å²) in [4.78, 5) is 39.0. The number of rotatable bonds is 4. The molecular formula is C15H14ClN3O4S. The second-order valence-electron chi connectivity index (χ2n) is 4.66. The van der Waals surface area contributed by atoms with Crippen LogP contribution >= 0.6 is 22.9 Å². The first kappa shape index (κ1) is 17.9. The molecule has 1 aromatic carbocycles. The lowest BCUT2D eigenvalue weighted by atomic mass is 10.2. The Hall–Kier alpha value is -2.45. The van der Waals surface area contributed by atoms with Gasteiger partial charge in [-0.05, 0) is 19.1 Å². The number of thiazole rings is 1. The molecule has 0 saturated carbocycles. The second kappa shape index (κ2) is 7.89. The van der Waals surface area contributed by atoms with Gasteiger partial charge in [-0.1, -0.05) is 23.7 Å². The van der Waals surface area contributed by atoms with Crippen molar-refractivity contribution >= 4 is 40.8 Å². The quantitative estimate of drug-likeness (QED) is 0.809. The van der Waals surface area contributed by atoms with Crippen molar-refractivity contribution in [3.63, 3.8) is 0 Å². The maximum atomic E-state index is 12.0. The minimum atomic E-state index is -1.13. The fourth-order valence-corrected chi connectivity index (χ4v) is 2.65. The van der Waals surface area contributed by atoms with Crippen LogP contribution in [0, 0.1) is 0 Å². The first-order valence-electron chi connectivity index (χ1n) is 6.85. The van der Waals surface area contributed by atoms with Crippen molar-refractivity contribution in [3.05, 3.63) is 40.4 Å². The van der Waals surface area contributed by atoms with Crippen LogP contribution in [-0.2, 0) is 9.53 Å². The zero-order chi connectivity index (χ0) is 17.7. The molecule has 126 valence electrons. The van der Waals surface area contributed by atoms with Crippen molar-refractivity contribution in [3.8, 4) is 10.6 Å². The largest absolute Gasteiger partial charge is 0.448 e. The molecule has 7 nitrogen and oxygen atoms in total. The van der Waals surface area contributed by atoms with Crippen LogP contribution in [0.2, 0.25) is 5.02 Å². The average Bonchev–Trinajstić information content (AvgIpc) is 3.04. The summed E-state index contributed by atoms with van der Waals surface area (Å²) in [5.74, 6) is -1.48. The van der Waals surface area contributed by atoms with Crippen molar-refractivity contribution in [2.45, 2.75) is 13.0 Å². The first-order chi connectivity index (χ1) is 11.4. The van der Waals surface area contributed by atoms with Crippen molar-refractivity contribution in [1.29, 1.82) is 0 Å². The number of esters is 1. The van der Waals surface area contributed by atoms with Crippen molar-refractivity contribution < 1.29 is 19.1 Å². The fraction of sp³-hybridized carbons (Fsp3) is 0.200. The second-order valence-corrected chi connectivity index (χ2v) is 5.96. The molecule has 1 unspecified atom stereocenters. The number of halogens is 1. The standard InChI is InChI=1S/C15H14ClN3O4S/c1-8(12(20)19-15(22)17-2)23-14(21)11-7-24-13(18-11)9-4-3-5-10(16)6-9/h3-8H,1-2H3,(H2,17,19,20,22). The summed E-state index contributed by atoms with van der Waals surface area (Å²) in [7, 11) is 1.37. The normalized spacial score (nSPS) is 11.5. The van der Waals surface area contributed by atoms with E-state index in [0.717, 1.165) is 5.56 Å². The number of hydrogen-bond donors (Lipinski definition) is 2. The number of ether oxygens (including phenoxy) is 1. The number of nitrogens with one attached hydrogen (secondary N) is 2. The molecular weight excluding hydrogens is 354 g/mol. The number of amides is 3. The highest BCUT2D eigenvalue weighted by Gasteiger charge is 2.22. The first-order valence-corrected chi connectivity index (χ1v) is 8.11. The van der Waals surface area contributed by atoms with Crippen molar-refractivity contribution in [2.75, 3.05) is 7.05 Å². The van der Waals surface area contributed by atoms with E-state index >= 15 is 0 Å². The van der Waals surface area contributed by atoms with E-state index in [1.165, 1.54) is 30.7 Å². The average molecular weight is 368 g/mol. The van der Waals surface area contributed by atoms with Crippen LogP contribution in [-0.4, -0.2) is 36.0 Å². The zero-order valence-corrected chi connectivity index (χ0v) is 14.4. The number of carbonyl (C=O) groups is 3. The van der Waals surface area contributed by atoms with Crippen LogP contribution in [0.3, 0.4) is 0 Å². The summed E-state index contributed by atoms with van der Waals surface area (Å²) in [5.41, 5.74) is 0.853. The highest BCUT2D eigenvalue weighted by molar-refractivity contribution is 7.13. The lowest BCUT2D eigenvalue weighted by Crippen LogP contribution is -2.43. The molecule has 0 aliphatic rings. The zero-order valence-electron chi connectivity index (χ0n) is 12.8. The van der Waals surface area contributed by atoms with Gasteiger partial charge in [-0.3, -0.25) is 10.1 Å². The van der Waals surface area contributed by atoms with Gasteiger partial charge in [0.1, 0.15) is 5.01 Å². The Morgan fingerprint density at radius 1 is 1.33 bits per heavy atom. The molecule has 0 aliphatic heterocycles. The van der Waals surface area contributed by atoms with Gasteiger partial charge in [-0.2, -0.15) is 0 Å². The van der Waals surface area contributed by atoms with Gasteiger partial charge in [0.2, 0.25) is 0 Å². The SMILES string of the molecule is CNC(=O)NC(=O)C(C)OC(=O)c1csc(-c2cccc(Cl)c2)n1. The molecule has 1 aromatic heterocycles. The van der Waals surface area contributed by atoms with Crippen LogP contribution in [0.15, 0.2) is 29.6 Å². The van der Waals surface area contributed by atoms with Gasteiger partial charge in [0, 0.05) is 23.0 Å². The van der Waals surface area contributed by atoms with Crippen LogP contribution in [0.5, 0.6) is 0 Å². The maximum absolute atomic E-state index is 12.0. The summed E-state index contributed by atoms with van der Waals surface area (Å²) in [6.45, 7) is 1.36. The highest BCUT2D eigenvalue weighted by atomic mass is 35.5. The number of carbonyl (C=O) groups excluding carboxylic acids is 3. The topological polar surface area (TPSA) is 97.4 Å².